The summed E-state index contributed by atoms with van der Waals surface area (Å²) in [5.41, 5.74) is 0.872. The van der Waals surface area contributed by atoms with E-state index >= 15 is 0 Å². The van der Waals surface area contributed by atoms with Crippen molar-refractivity contribution in [2.45, 2.75) is 25.7 Å². The highest BCUT2D eigenvalue weighted by Gasteiger charge is 2.24. The van der Waals surface area contributed by atoms with E-state index in [1.807, 2.05) is 0 Å². The van der Waals surface area contributed by atoms with E-state index < -0.39 is 21.7 Å². The Hall–Kier alpha value is -2.23. The van der Waals surface area contributed by atoms with Gasteiger partial charge < -0.3 is 9.73 Å². The number of halogens is 2. The molecule has 154 valence electrons. The lowest BCUT2D eigenvalue weighted by molar-refractivity contribution is 0.0997. The fourth-order valence-electron chi connectivity index (χ4n) is 3.06. The second-order valence-corrected chi connectivity index (χ2v) is 9.24. The third kappa shape index (κ3) is 4.08. The Morgan fingerprint density at radius 2 is 1.86 bits per heavy atom. The average molecular weight is 483 g/mol. The molecule has 6 nitrogen and oxygen atoms in total. The van der Waals surface area contributed by atoms with Crippen LogP contribution in [0.3, 0.4) is 0 Å². The molecular formula is C20H20BrFN2O4S. The van der Waals surface area contributed by atoms with Crippen molar-refractivity contribution in [2.24, 2.45) is 0 Å². The Kier molecular flexibility index (Phi) is 6.11. The van der Waals surface area contributed by atoms with Crippen LogP contribution in [0, 0.1) is 12.7 Å². The zero-order valence-electron chi connectivity index (χ0n) is 16.1. The third-order valence-electron chi connectivity index (χ3n) is 4.64. The van der Waals surface area contributed by atoms with Crippen LogP contribution in [0.15, 0.2) is 50.2 Å². The van der Waals surface area contributed by atoms with Gasteiger partial charge in [-0.15, -0.1) is 0 Å². The fraction of sp³-hybridized carbons (Fsp3) is 0.250. The van der Waals surface area contributed by atoms with Gasteiger partial charge >= 0.3 is 0 Å². The van der Waals surface area contributed by atoms with E-state index in [0.29, 0.717) is 34.1 Å². The lowest BCUT2D eigenvalue weighted by Crippen LogP contribution is -2.30. The van der Waals surface area contributed by atoms with Crippen molar-refractivity contribution in [2.75, 3.05) is 18.4 Å². The monoisotopic (exact) mass is 482 g/mol. The molecule has 0 fully saturated rings. The molecule has 0 bridgehead atoms. The van der Waals surface area contributed by atoms with E-state index in [2.05, 4.69) is 21.2 Å². The van der Waals surface area contributed by atoms with Crippen molar-refractivity contribution in [3.63, 3.8) is 0 Å². The summed E-state index contributed by atoms with van der Waals surface area (Å²) in [6.07, 6.45) is 0. The summed E-state index contributed by atoms with van der Waals surface area (Å²) in [4.78, 5) is 12.7. The summed E-state index contributed by atoms with van der Waals surface area (Å²) in [6.45, 7) is 5.91. The average Bonchev–Trinajstić information content (AvgIpc) is 3.01. The molecule has 0 saturated carbocycles. The van der Waals surface area contributed by atoms with Gasteiger partial charge in [-0.1, -0.05) is 29.8 Å². The molecule has 2 aromatic carbocycles. The Balaban J connectivity index is 1.99. The smallest absolute Gasteiger partial charge is 0.291 e. The molecule has 1 amide bonds. The quantitative estimate of drug-likeness (QED) is 0.540. The van der Waals surface area contributed by atoms with Gasteiger partial charge in [0.15, 0.2) is 5.76 Å². The van der Waals surface area contributed by atoms with Crippen molar-refractivity contribution in [3.05, 3.63) is 58.0 Å². The SMILES string of the molecule is CCN(CC)S(=O)(=O)c1ccc2oc(C(=O)Nc3ccc(Br)cc3F)c(C)c2c1. The van der Waals surface area contributed by atoms with Crippen LogP contribution < -0.4 is 5.32 Å². The van der Waals surface area contributed by atoms with Gasteiger partial charge in [0.25, 0.3) is 5.91 Å². The van der Waals surface area contributed by atoms with Crippen LogP contribution in [0.2, 0.25) is 0 Å². The van der Waals surface area contributed by atoms with Gasteiger partial charge in [-0.25, -0.2) is 12.8 Å². The first-order valence-electron chi connectivity index (χ1n) is 8.98. The maximum Gasteiger partial charge on any atom is 0.291 e. The minimum Gasteiger partial charge on any atom is -0.451 e. The molecule has 0 atom stereocenters. The molecule has 9 heteroatoms. The van der Waals surface area contributed by atoms with Gasteiger partial charge in [-0.05, 0) is 43.3 Å². The van der Waals surface area contributed by atoms with Crippen molar-refractivity contribution in [1.82, 2.24) is 4.31 Å². The number of benzene rings is 2. The predicted octanol–water partition coefficient (Wildman–Crippen LogP) is 4.93. The number of amides is 1. The van der Waals surface area contributed by atoms with Gasteiger partial charge in [0.1, 0.15) is 11.4 Å². The number of carbonyl (C=O) groups is 1. The second-order valence-electron chi connectivity index (χ2n) is 6.38. The summed E-state index contributed by atoms with van der Waals surface area (Å²) >= 11 is 3.16. The van der Waals surface area contributed by atoms with Gasteiger partial charge in [-0.2, -0.15) is 4.31 Å². The van der Waals surface area contributed by atoms with Gasteiger partial charge in [-0.3, -0.25) is 4.79 Å². The van der Waals surface area contributed by atoms with Crippen molar-refractivity contribution >= 4 is 48.5 Å². The Morgan fingerprint density at radius 3 is 2.48 bits per heavy atom. The number of fused-ring (bicyclic) bond motifs is 1. The number of nitrogens with one attached hydrogen (secondary N) is 1. The number of hydrogen-bond acceptors (Lipinski definition) is 4. The highest BCUT2D eigenvalue weighted by Crippen LogP contribution is 2.30. The zero-order valence-corrected chi connectivity index (χ0v) is 18.5. The van der Waals surface area contributed by atoms with Gasteiger partial charge in [0.05, 0.1) is 10.6 Å². The number of hydrogen-bond donors (Lipinski definition) is 1. The third-order valence-corrected chi connectivity index (χ3v) is 7.18. The molecule has 1 N–H and O–H groups in total. The fourth-order valence-corrected chi connectivity index (χ4v) is 4.88. The van der Waals surface area contributed by atoms with Crippen molar-refractivity contribution in [1.29, 1.82) is 0 Å². The molecule has 0 aliphatic carbocycles. The summed E-state index contributed by atoms with van der Waals surface area (Å²) in [7, 11) is -3.64. The van der Waals surface area contributed by atoms with Crippen LogP contribution in [0.4, 0.5) is 10.1 Å². The lowest BCUT2D eigenvalue weighted by Gasteiger charge is -2.18. The zero-order chi connectivity index (χ0) is 21.3. The minimum absolute atomic E-state index is 0.000272. The number of anilines is 1. The summed E-state index contributed by atoms with van der Waals surface area (Å²) in [6, 6.07) is 8.76. The molecule has 29 heavy (non-hydrogen) atoms. The van der Waals surface area contributed by atoms with Gasteiger partial charge in [0.2, 0.25) is 10.0 Å². The molecule has 0 aliphatic rings. The molecule has 1 heterocycles. The van der Waals surface area contributed by atoms with E-state index in [-0.39, 0.29) is 16.3 Å². The molecule has 0 saturated heterocycles. The lowest BCUT2D eigenvalue weighted by atomic mass is 10.1. The van der Waals surface area contributed by atoms with E-state index in [1.54, 1.807) is 26.8 Å². The van der Waals surface area contributed by atoms with Crippen LogP contribution in [-0.4, -0.2) is 31.7 Å². The summed E-state index contributed by atoms with van der Waals surface area (Å²) < 4.78 is 47.1. The molecule has 1 aromatic heterocycles. The van der Waals surface area contributed by atoms with Crippen LogP contribution in [0.5, 0.6) is 0 Å². The first-order chi connectivity index (χ1) is 13.7. The van der Waals surface area contributed by atoms with Crippen molar-refractivity contribution in [3.8, 4) is 0 Å². The standard InChI is InChI=1S/C20H20BrFN2O4S/c1-4-24(5-2)29(26,27)14-7-9-18-15(11-14)12(3)19(28-18)20(25)23-17-8-6-13(21)10-16(17)22/h6-11H,4-5H2,1-3H3,(H,23,25). The maximum absolute atomic E-state index is 14.0. The molecule has 0 aliphatic heterocycles. The number of nitrogens with zero attached hydrogens (tertiary/aromatic N) is 1. The number of aryl methyl sites for hydroxylation is 1. The highest BCUT2D eigenvalue weighted by molar-refractivity contribution is 9.10. The van der Waals surface area contributed by atoms with Crippen LogP contribution in [0.25, 0.3) is 11.0 Å². The van der Waals surface area contributed by atoms with Crippen LogP contribution in [0.1, 0.15) is 30.0 Å². The van der Waals surface area contributed by atoms with E-state index in [9.17, 15) is 17.6 Å². The van der Waals surface area contributed by atoms with Crippen LogP contribution >= 0.6 is 15.9 Å². The van der Waals surface area contributed by atoms with E-state index in [0.717, 1.165) is 0 Å². The molecule has 0 radical (unpaired) electrons. The Morgan fingerprint density at radius 1 is 1.17 bits per heavy atom. The number of sulfonamides is 1. The molecular weight excluding hydrogens is 463 g/mol. The summed E-state index contributed by atoms with van der Waals surface area (Å²) in [5.74, 6) is -1.21. The molecule has 3 rings (SSSR count). The Labute approximate surface area is 176 Å². The first kappa shape index (κ1) is 21.5. The number of carbonyl (C=O) groups excluding carboxylic acids is 1. The highest BCUT2D eigenvalue weighted by atomic mass is 79.9. The second kappa shape index (κ2) is 8.25. The van der Waals surface area contributed by atoms with Crippen molar-refractivity contribution < 1.29 is 22.0 Å². The topological polar surface area (TPSA) is 79.6 Å². The normalized spacial score (nSPS) is 11.9. The molecule has 3 aromatic rings. The minimum atomic E-state index is -3.64. The van der Waals surface area contributed by atoms with E-state index in [4.69, 9.17) is 4.42 Å². The predicted molar refractivity (Wildman–Crippen MR) is 113 cm³/mol. The largest absolute Gasteiger partial charge is 0.451 e. The summed E-state index contributed by atoms with van der Waals surface area (Å²) in [5, 5.41) is 3.00. The Bertz CT molecular complexity index is 1190. The maximum atomic E-state index is 14.0. The number of rotatable bonds is 6. The van der Waals surface area contributed by atoms with Gasteiger partial charge in [0, 0.05) is 28.5 Å². The first-order valence-corrected chi connectivity index (χ1v) is 11.2. The molecule has 0 spiro atoms. The number of furan rings is 1. The van der Waals surface area contributed by atoms with Crippen LogP contribution in [-0.2, 0) is 10.0 Å². The van der Waals surface area contributed by atoms with E-state index in [1.165, 1.54) is 34.6 Å². The molecule has 0 unspecified atom stereocenters.